The van der Waals surface area contributed by atoms with Crippen LogP contribution in [0, 0.1) is 0 Å². The zero-order valence-corrected chi connectivity index (χ0v) is 20.7. The van der Waals surface area contributed by atoms with E-state index in [4.69, 9.17) is 4.42 Å². The third-order valence-corrected chi connectivity index (χ3v) is 7.64. The summed E-state index contributed by atoms with van der Waals surface area (Å²) in [6.07, 6.45) is 1.96. The Bertz CT molecular complexity index is 1710. The minimum Gasteiger partial charge on any atom is -0.508 e. The van der Waals surface area contributed by atoms with Crippen molar-refractivity contribution in [2.45, 2.75) is 38.1 Å². The largest absolute Gasteiger partial charge is 0.508 e. The topological polar surface area (TPSA) is 87.8 Å². The van der Waals surface area contributed by atoms with Crippen molar-refractivity contribution in [3.05, 3.63) is 112 Å². The van der Waals surface area contributed by atoms with Crippen LogP contribution in [0.25, 0.3) is 16.5 Å². The molecule has 37 heavy (non-hydrogen) atoms. The Hall–Kier alpha value is -4.45. The molecule has 2 aliphatic heterocycles. The van der Waals surface area contributed by atoms with Crippen molar-refractivity contribution in [2.24, 2.45) is 0 Å². The van der Waals surface area contributed by atoms with Crippen LogP contribution in [0.15, 0.2) is 88.1 Å². The maximum Gasteiger partial charge on any atom is 0.347 e. The number of benzene rings is 3. The zero-order valence-electron chi connectivity index (χ0n) is 20.7. The predicted octanol–water partition coefficient (Wildman–Crippen LogP) is 5.60. The first-order chi connectivity index (χ1) is 17.6. The summed E-state index contributed by atoms with van der Waals surface area (Å²) in [4.78, 5) is 41.6. The lowest BCUT2D eigenvalue weighted by atomic mass is 9.65. The van der Waals surface area contributed by atoms with Gasteiger partial charge in [-0.25, -0.2) is 4.79 Å². The van der Waals surface area contributed by atoms with Crippen molar-refractivity contribution in [1.29, 1.82) is 0 Å². The number of nitrogens with zero attached hydrogens (tertiary/aromatic N) is 1. The van der Waals surface area contributed by atoms with Gasteiger partial charge in [0.1, 0.15) is 16.9 Å². The van der Waals surface area contributed by atoms with E-state index < -0.39 is 16.9 Å². The van der Waals surface area contributed by atoms with Gasteiger partial charge in [0.2, 0.25) is 0 Å². The molecule has 1 N–H and O–H groups in total. The number of carbonyl (C=O) groups is 2. The summed E-state index contributed by atoms with van der Waals surface area (Å²) in [7, 11) is 0. The normalized spacial score (nSPS) is 20.9. The average Bonchev–Trinajstić information content (AvgIpc) is 3.15. The molecule has 1 unspecified atom stereocenters. The Labute approximate surface area is 213 Å². The monoisotopic (exact) mass is 491 g/mol. The minimum absolute atomic E-state index is 0.0449. The number of fused-ring (bicyclic) bond motifs is 1. The maximum absolute atomic E-state index is 13.8. The molecular formula is C31H25NO5. The van der Waals surface area contributed by atoms with Gasteiger partial charge in [-0.15, -0.1) is 0 Å². The van der Waals surface area contributed by atoms with E-state index in [1.165, 1.54) is 24.3 Å². The molecule has 4 aromatic rings. The first-order valence-electron chi connectivity index (χ1n) is 12.2. The molecule has 0 spiro atoms. The highest BCUT2D eigenvalue weighted by Gasteiger charge is 2.52. The lowest BCUT2D eigenvalue weighted by molar-refractivity contribution is -0.114. The summed E-state index contributed by atoms with van der Waals surface area (Å²) in [6, 6.07) is 21.9. The molecule has 0 saturated carbocycles. The lowest BCUT2D eigenvalue weighted by Crippen LogP contribution is -2.54. The lowest BCUT2D eigenvalue weighted by Gasteiger charge is -2.49. The highest BCUT2D eigenvalue weighted by molar-refractivity contribution is 6.36. The zero-order chi connectivity index (χ0) is 26.1. The maximum atomic E-state index is 13.8. The van der Waals surface area contributed by atoms with Crippen LogP contribution in [-0.4, -0.2) is 22.3 Å². The molecule has 1 aromatic heterocycles. The number of ketones is 1. The third kappa shape index (κ3) is 3.36. The van der Waals surface area contributed by atoms with Crippen molar-refractivity contribution < 1.29 is 19.1 Å². The van der Waals surface area contributed by atoms with Crippen LogP contribution in [-0.2, 0) is 10.2 Å². The molecule has 1 atom stereocenters. The number of allylic oxidation sites excluding steroid dienone is 1. The van der Waals surface area contributed by atoms with Crippen LogP contribution < -0.4 is 10.5 Å². The first-order valence-corrected chi connectivity index (χ1v) is 12.2. The fraction of sp³-hybridized carbons (Fsp3) is 0.194. The third-order valence-electron chi connectivity index (χ3n) is 7.64. The number of carbonyl (C=O) groups excluding carboxylic acids is 2. The molecule has 0 fully saturated rings. The number of hydrogen-bond donors (Lipinski definition) is 1. The Morgan fingerprint density at radius 1 is 0.973 bits per heavy atom. The quantitative estimate of drug-likeness (QED) is 0.229. The summed E-state index contributed by atoms with van der Waals surface area (Å²) < 4.78 is 5.28. The number of amides is 1. The van der Waals surface area contributed by atoms with Gasteiger partial charge in [0.25, 0.3) is 5.91 Å². The second-order valence-corrected chi connectivity index (χ2v) is 10.6. The van der Waals surface area contributed by atoms with E-state index in [1.54, 1.807) is 11.0 Å². The summed E-state index contributed by atoms with van der Waals surface area (Å²) in [5, 5.41) is 10.2. The number of hydrogen-bond acceptors (Lipinski definition) is 5. The van der Waals surface area contributed by atoms with Gasteiger partial charge < -0.3 is 14.4 Å². The SMILES string of the molecule is CC1(c2ccccc2)CC(C)(C)N2C(=O)C(=CC(=O)c3cc4ccc(O)cc4oc3=O)c3cccc1c32. The molecule has 6 nitrogen and oxygen atoms in total. The number of rotatable bonds is 3. The first kappa shape index (κ1) is 23.0. The van der Waals surface area contributed by atoms with E-state index >= 15 is 0 Å². The fourth-order valence-corrected chi connectivity index (χ4v) is 6.08. The Kier molecular flexibility index (Phi) is 4.83. The van der Waals surface area contributed by atoms with E-state index in [9.17, 15) is 19.5 Å². The molecule has 6 heteroatoms. The van der Waals surface area contributed by atoms with Gasteiger partial charge >= 0.3 is 5.63 Å². The van der Waals surface area contributed by atoms with Crippen LogP contribution in [0.2, 0.25) is 0 Å². The summed E-state index contributed by atoms with van der Waals surface area (Å²) in [5.41, 5.74) is 2.29. The number of phenols is 1. The number of anilines is 1. The van der Waals surface area contributed by atoms with Gasteiger partial charge in [-0.2, -0.15) is 0 Å². The molecule has 0 bridgehead atoms. The molecular weight excluding hydrogens is 466 g/mol. The molecule has 6 rings (SSSR count). The van der Waals surface area contributed by atoms with Crippen molar-refractivity contribution >= 4 is 33.9 Å². The molecule has 0 saturated heterocycles. The summed E-state index contributed by atoms with van der Waals surface area (Å²) in [5.74, 6) is -0.907. The van der Waals surface area contributed by atoms with Crippen molar-refractivity contribution in [3.63, 3.8) is 0 Å². The van der Waals surface area contributed by atoms with Crippen molar-refractivity contribution in [3.8, 4) is 5.75 Å². The van der Waals surface area contributed by atoms with Gasteiger partial charge in [0.15, 0.2) is 5.78 Å². The van der Waals surface area contributed by atoms with E-state index in [0.29, 0.717) is 17.4 Å². The van der Waals surface area contributed by atoms with Crippen LogP contribution in [0.1, 0.15) is 54.2 Å². The van der Waals surface area contributed by atoms with Crippen LogP contribution in [0.4, 0.5) is 5.69 Å². The van der Waals surface area contributed by atoms with Crippen LogP contribution >= 0.6 is 0 Å². The van der Waals surface area contributed by atoms with Gasteiger partial charge in [-0.3, -0.25) is 9.59 Å². The molecule has 0 radical (unpaired) electrons. The van der Waals surface area contributed by atoms with Gasteiger partial charge in [0, 0.05) is 28.0 Å². The Morgan fingerprint density at radius 3 is 2.49 bits per heavy atom. The predicted molar refractivity (Wildman–Crippen MR) is 142 cm³/mol. The number of aromatic hydroxyl groups is 1. The Morgan fingerprint density at radius 2 is 1.73 bits per heavy atom. The van der Waals surface area contributed by atoms with Crippen molar-refractivity contribution in [1.82, 2.24) is 0 Å². The number of phenolic OH excluding ortho intramolecular Hbond substituents is 1. The van der Waals surface area contributed by atoms with E-state index in [1.807, 2.05) is 44.2 Å². The van der Waals surface area contributed by atoms with E-state index in [2.05, 4.69) is 25.1 Å². The fourth-order valence-electron chi connectivity index (χ4n) is 6.08. The Balaban J connectivity index is 1.51. The van der Waals surface area contributed by atoms with Crippen LogP contribution in [0.3, 0.4) is 0 Å². The summed E-state index contributed by atoms with van der Waals surface area (Å²) >= 11 is 0. The van der Waals surface area contributed by atoms with Crippen LogP contribution in [0.5, 0.6) is 5.75 Å². The minimum atomic E-state index is -0.822. The van der Waals surface area contributed by atoms with Gasteiger partial charge in [-0.05, 0) is 55.7 Å². The molecule has 0 aliphatic carbocycles. The van der Waals surface area contributed by atoms with Crippen molar-refractivity contribution in [2.75, 3.05) is 4.90 Å². The van der Waals surface area contributed by atoms with E-state index in [-0.39, 0.29) is 33.8 Å². The summed E-state index contributed by atoms with van der Waals surface area (Å²) in [6.45, 7) is 6.29. The average molecular weight is 492 g/mol. The second-order valence-electron chi connectivity index (χ2n) is 10.6. The number of para-hydroxylation sites is 1. The second kappa shape index (κ2) is 7.77. The molecule has 184 valence electrons. The standard InChI is InChI=1S/C31H25NO5/c1-30(2)17-31(3,19-8-5-4-6-9-19)24-11-7-10-21-22(28(35)32(30)27(21)24)16-25(34)23-14-18-12-13-20(33)15-26(18)37-29(23)36/h4-16,33H,17H2,1-3H3. The molecule has 2 aliphatic rings. The molecule has 3 heterocycles. The highest BCUT2D eigenvalue weighted by Crippen LogP contribution is 2.55. The molecule has 1 amide bonds. The highest BCUT2D eigenvalue weighted by atomic mass is 16.4. The molecule has 3 aromatic carbocycles. The van der Waals surface area contributed by atoms with E-state index in [0.717, 1.165) is 16.8 Å². The smallest absolute Gasteiger partial charge is 0.347 e. The van der Waals surface area contributed by atoms with Gasteiger partial charge in [0.05, 0.1) is 11.3 Å². The van der Waals surface area contributed by atoms with Gasteiger partial charge in [-0.1, -0.05) is 55.5 Å².